The first-order valence-electron chi connectivity index (χ1n) is 4.86. The molecule has 0 N–H and O–H groups in total. The van der Waals surface area contributed by atoms with Crippen molar-refractivity contribution in [2.75, 3.05) is 19.0 Å². The molecule has 2 aromatic rings. The Morgan fingerprint density at radius 1 is 1.13 bits per heavy atom. The van der Waals surface area contributed by atoms with Gasteiger partial charge in [0.15, 0.2) is 0 Å². The summed E-state index contributed by atoms with van der Waals surface area (Å²) < 4.78 is 0. The third-order valence-electron chi connectivity index (χ3n) is 2.40. The highest BCUT2D eigenvalue weighted by Crippen LogP contribution is 2.25. The smallest absolute Gasteiger partial charge is 0.0840 e. The predicted octanol–water partition coefficient (Wildman–Crippen LogP) is 3.18. The van der Waals surface area contributed by atoms with Crippen molar-refractivity contribution in [2.24, 2.45) is 0 Å². The molecular weight excluding hydrogens is 204 g/mol. The van der Waals surface area contributed by atoms with E-state index in [4.69, 9.17) is 0 Å². The van der Waals surface area contributed by atoms with Crippen LogP contribution in [0.5, 0.6) is 0 Å². The Bertz CT molecular complexity index is 443. The molecule has 0 spiro atoms. The van der Waals surface area contributed by atoms with Crippen LogP contribution in [0.2, 0.25) is 0 Å². The minimum Gasteiger partial charge on any atom is -0.378 e. The predicted molar refractivity (Wildman–Crippen MR) is 66.6 cm³/mol. The molecule has 1 aromatic carbocycles. The molecule has 0 aliphatic carbocycles. The Morgan fingerprint density at radius 3 is 2.27 bits per heavy atom. The van der Waals surface area contributed by atoms with Gasteiger partial charge in [0, 0.05) is 30.2 Å². The molecular formula is C12H14N2S. The Kier molecular flexibility index (Phi) is 2.73. The fraction of sp³-hybridized carbons (Fsp3) is 0.250. The van der Waals surface area contributed by atoms with Crippen molar-refractivity contribution in [3.63, 3.8) is 0 Å². The van der Waals surface area contributed by atoms with Gasteiger partial charge in [0.2, 0.25) is 0 Å². The highest BCUT2D eigenvalue weighted by Gasteiger charge is 2.04. The van der Waals surface area contributed by atoms with E-state index < -0.39 is 0 Å². The Labute approximate surface area is 94.2 Å². The van der Waals surface area contributed by atoms with E-state index in [-0.39, 0.29) is 0 Å². The van der Waals surface area contributed by atoms with E-state index in [0.29, 0.717) is 0 Å². The van der Waals surface area contributed by atoms with E-state index in [0.717, 1.165) is 5.69 Å². The van der Waals surface area contributed by atoms with Crippen LogP contribution in [0.25, 0.3) is 11.3 Å². The number of hydrogen-bond acceptors (Lipinski definition) is 3. The summed E-state index contributed by atoms with van der Waals surface area (Å²) in [5.74, 6) is 0. The SMILES string of the molecule is Cc1scnc1-c1ccc(N(C)C)cc1. The van der Waals surface area contributed by atoms with Crippen molar-refractivity contribution in [1.82, 2.24) is 4.98 Å². The van der Waals surface area contributed by atoms with Gasteiger partial charge in [-0.1, -0.05) is 12.1 Å². The van der Waals surface area contributed by atoms with Crippen LogP contribution in [0.1, 0.15) is 4.88 Å². The van der Waals surface area contributed by atoms with Gasteiger partial charge in [-0.15, -0.1) is 11.3 Å². The maximum atomic E-state index is 4.37. The minimum absolute atomic E-state index is 1.10. The second-order valence-corrected chi connectivity index (χ2v) is 4.76. The number of aryl methyl sites for hydroxylation is 1. The average Bonchev–Trinajstić information content (AvgIpc) is 2.65. The molecule has 3 heteroatoms. The number of rotatable bonds is 2. The van der Waals surface area contributed by atoms with Gasteiger partial charge in [-0.2, -0.15) is 0 Å². The number of anilines is 1. The first-order valence-corrected chi connectivity index (χ1v) is 5.74. The van der Waals surface area contributed by atoms with Crippen molar-refractivity contribution in [1.29, 1.82) is 0 Å². The second-order valence-electron chi connectivity index (χ2n) is 3.70. The summed E-state index contributed by atoms with van der Waals surface area (Å²) in [6.07, 6.45) is 0. The first kappa shape index (κ1) is 10.2. The summed E-state index contributed by atoms with van der Waals surface area (Å²) in [5.41, 5.74) is 5.40. The molecule has 2 rings (SSSR count). The highest BCUT2D eigenvalue weighted by molar-refractivity contribution is 7.10. The fourth-order valence-corrected chi connectivity index (χ4v) is 2.10. The quantitative estimate of drug-likeness (QED) is 0.769. The van der Waals surface area contributed by atoms with Gasteiger partial charge in [0.05, 0.1) is 11.2 Å². The Morgan fingerprint density at radius 2 is 1.80 bits per heavy atom. The molecule has 0 radical (unpaired) electrons. The van der Waals surface area contributed by atoms with Crippen molar-refractivity contribution in [2.45, 2.75) is 6.92 Å². The zero-order valence-corrected chi connectivity index (χ0v) is 10.0. The van der Waals surface area contributed by atoms with Gasteiger partial charge in [0.1, 0.15) is 0 Å². The summed E-state index contributed by atoms with van der Waals surface area (Å²) in [4.78, 5) is 7.73. The summed E-state index contributed by atoms with van der Waals surface area (Å²) in [6.45, 7) is 2.10. The highest BCUT2D eigenvalue weighted by atomic mass is 32.1. The largest absolute Gasteiger partial charge is 0.378 e. The summed E-state index contributed by atoms with van der Waals surface area (Å²) in [5, 5.41) is 0. The van der Waals surface area contributed by atoms with E-state index in [2.05, 4.69) is 41.1 Å². The van der Waals surface area contributed by atoms with Gasteiger partial charge in [-0.3, -0.25) is 0 Å². The maximum Gasteiger partial charge on any atom is 0.0840 e. The summed E-state index contributed by atoms with van der Waals surface area (Å²) >= 11 is 1.69. The van der Waals surface area contributed by atoms with Crippen molar-refractivity contribution >= 4 is 17.0 Å². The van der Waals surface area contributed by atoms with Gasteiger partial charge < -0.3 is 4.90 Å². The monoisotopic (exact) mass is 218 g/mol. The van der Waals surface area contributed by atoms with E-state index in [1.165, 1.54) is 16.1 Å². The normalized spacial score (nSPS) is 10.3. The van der Waals surface area contributed by atoms with Gasteiger partial charge >= 0.3 is 0 Å². The number of aromatic nitrogens is 1. The molecule has 0 unspecified atom stereocenters. The Hall–Kier alpha value is -1.35. The molecule has 0 atom stereocenters. The van der Waals surface area contributed by atoms with Crippen LogP contribution >= 0.6 is 11.3 Å². The number of thiazole rings is 1. The molecule has 0 saturated carbocycles. The maximum absolute atomic E-state index is 4.37. The van der Waals surface area contributed by atoms with E-state index in [1.54, 1.807) is 11.3 Å². The number of benzene rings is 1. The summed E-state index contributed by atoms with van der Waals surface area (Å²) in [6, 6.07) is 8.48. The molecule has 0 bridgehead atoms. The van der Waals surface area contributed by atoms with E-state index in [1.807, 2.05) is 19.6 Å². The third-order valence-corrected chi connectivity index (χ3v) is 3.16. The zero-order valence-electron chi connectivity index (χ0n) is 9.19. The lowest BCUT2D eigenvalue weighted by Gasteiger charge is -2.12. The molecule has 0 fully saturated rings. The number of nitrogens with zero attached hydrogens (tertiary/aromatic N) is 2. The van der Waals surface area contributed by atoms with Crippen LogP contribution in [0.4, 0.5) is 5.69 Å². The van der Waals surface area contributed by atoms with Crippen molar-refractivity contribution in [3.8, 4) is 11.3 Å². The first-order chi connectivity index (χ1) is 7.18. The second kappa shape index (κ2) is 4.03. The third kappa shape index (κ3) is 2.02. The molecule has 0 saturated heterocycles. The molecule has 15 heavy (non-hydrogen) atoms. The minimum atomic E-state index is 1.10. The van der Waals surface area contributed by atoms with Gasteiger partial charge in [0.25, 0.3) is 0 Å². The van der Waals surface area contributed by atoms with Gasteiger partial charge in [-0.05, 0) is 19.1 Å². The molecule has 78 valence electrons. The van der Waals surface area contributed by atoms with Crippen LogP contribution in [-0.2, 0) is 0 Å². The lowest BCUT2D eigenvalue weighted by atomic mass is 10.1. The molecule has 0 aliphatic rings. The summed E-state index contributed by atoms with van der Waals surface area (Å²) in [7, 11) is 4.09. The van der Waals surface area contributed by atoms with Crippen molar-refractivity contribution < 1.29 is 0 Å². The molecule has 2 nitrogen and oxygen atoms in total. The van der Waals surface area contributed by atoms with Crippen LogP contribution in [-0.4, -0.2) is 19.1 Å². The zero-order chi connectivity index (χ0) is 10.8. The fourth-order valence-electron chi connectivity index (χ4n) is 1.50. The van der Waals surface area contributed by atoms with Crippen LogP contribution in [0.3, 0.4) is 0 Å². The number of hydrogen-bond donors (Lipinski definition) is 0. The molecule has 0 amide bonds. The Balaban J connectivity index is 2.36. The van der Waals surface area contributed by atoms with Crippen LogP contribution in [0, 0.1) is 6.92 Å². The average molecular weight is 218 g/mol. The van der Waals surface area contributed by atoms with Crippen molar-refractivity contribution in [3.05, 3.63) is 34.7 Å². The molecule has 0 aliphatic heterocycles. The van der Waals surface area contributed by atoms with Gasteiger partial charge in [-0.25, -0.2) is 4.98 Å². The van der Waals surface area contributed by atoms with E-state index in [9.17, 15) is 0 Å². The van der Waals surface area contributed by atoms with Crippen LogP contribution in [0.15, 0.2) is 29.8 Å². The lowest BCUT2D eigenvalue weighted by molar-refractivity contribution is 1.13. The topological polar surface area (TPSA) is 16.1 Å². The van der Waals surface area contributed by atoms with Crippen LogP contribution < -0.4 is 4.90 Å². The lowest BCUT2D eigenvalue weighted by Crippen LogP contribution is -2.07. The standard InChI is InChI=1S/C12H14N2S/c1-9-12(13-8-15-9)10-4-6-11(7-5-10)14(2)3/h4-8H,1-3H3. The van der Waals surface area contributed by atoms with E-state index >= 15 is 0 Å². The molecule has 1 aromatic heterocycles. The molecule has 1 heterocycles.